The van der Waals surface area contributed by atoms with E-state index in [0.717, 1.165) is 0 Å². The van der Waals surface area contributed by atoms with Gasteiger partial charge in [-0.25, -0.2) is 8.42 Å². The number of nitro groups is 1. The fourth-order valence-corrected chi connectivity index (χ4v) is 2.65. The van der Waals surface area contributed by atoms with Crippen molar-refractivity contribution in [2.75, 3.05) is 10.5 Å². The number of allylic oxidation sites excluding steroid dienone is 1. The Morgan fingerprint density at radius 3 is 2.40 bits per heavy atom. The molecule has 130 valence electrons. The van der Waals surface area contributed by atoms with Crippen molar-refractivity contribution in [3.05, 3.63) is 75.8 Å². The monoisotopic (exact) mass is 360 g/mol. The van der Waals surface area contributed by atoms with Crippen molar-refractivity contribution in [2.45, 2.75) is 6.92 Å². The van der Waals surface area contributed by atoms with Crippen LogP contribution in [0.1, 0.15) is 22.8 Å². The van der Waals surface area contributed by atoms with Crippen LogP contribution in [0.3, 0.4) is 0 Å². The Morgan fingerprint density at radius 1 is 1.16 bits per heavy atom. The van der Waals surface area contributed by atoms with Gasteiger partial charge in [-0.15, -0.1) is 0 Å². The minimum Gasteiger partial charge on any atom is -0.289 e. The number of nitrogens with one attached hydrogen (secondary N) is 1. The van der Waals surface area contributed by atoms with E-state index in [0.29, 0.717) is 16.8 Å². The van der Waals surface area contributed by atoms with Gasteiger partial charge in [0.25, 0.3) is 5.69 Å². The molecule has 0 saturated heterocycles. The van der Waals surface area contributed by atoms with Gasteiger partial charge in [-0.1, -0.05) is 12.1 Å². The largest absolute Gasteiger partial charge is 0.289 e. The first-order valence-electron chi connectivity index (χ1n) is 7.39. The zero-order valence-corrected chi connectivity index (χ0v) is 14.2. The van der Waals surface area contributed by atoms with Gasteiger partial charge in [0.2, 0.25) is 10.0 Å². The van der Waals surface area contributed by atoms with E-state index in [4.69, 9.17) is 0 Å². The average Bonchev–Trinajstić information content (AvgIpc) is 2.60. The van der Waals surface area contributed by atoms with Crippen molar-refractivity contribution in [3.8, 4) is 0 Å². The molecule has 0 aliphatic rings. The Labute approximate surface area is 145 Å². The number of anilines is 1. The molecule has 0 amide bonds. The maximum Gasteiger partial charge on any atom is 0.276 e. The average molecular weight is 360 g/mol. The summed E-state index contributed by atoms with van der Waals surface area (Å²) in [6, 6.07) is 12.0. The molecule has 0 radical (unpaired) electrons. The van der Waals surface area contributed by atoms with Crippen molar-refractivity contribution in [1.29, 1.82) is 0 Å². The van der Waals surface area contributed by atoms with Gasteiger partial charge in [0.1, 0.15) is 0 Å². The third-order valence-corrected chi connectivity index (χ3v) is 4.68. The second kappa shape index (κ2) is 7.71. The van der Waals surface area contributed by atoms with Crippen molar-refractivity contribution in [3.63, 3.8) is 0 Å². The third kappa shape index (κ3) is 4.98. The first kappa shape index (κ1) is 18.3. The van der Waals surface area contributed by atoms with E-state index in [1.807, 2.05) is 0 Å². The molecule has 2 rings (SSSR count). The Kier molecular flexibility index (Phi) is 5.66. The molecule has 2 aromatic rings. The fraction of sp³-hybridized carbons (Fsp3) is 0.118. The van der Waals surface area contributed by atoms with Crippen molar-refractivity contribution in [1.82, 2.24) is 0 Å². The molecule has 0 spiro atoms. The third-order valence-electron chi connectivity index (χ3n) is 3.37. The van der Waals surface area contributed by atoms with E-state index < -0.39 is 14.9 Å². The number of para-hydroxylation sites is 1. The van der Waals surface area contributed by atoms with Crippen LogP contribution in [-0.4, -0.2) is 24.9 Å². The maximum atomic E-state index is 12.2. The number of benzene rings is 2. The highest BCUT2D eigenvalue weighted by molar-refractivity contribution is 7.92. The first-order valence-corrected chi connectivity index (χ1v) is 9.04. The number of hydrogen-bond donors (Lipinski definition) is 1. The van der Waals surface area contributed by atoms with Crippen LogP contribution in [0, 0.1) is 10.1 Å². The molecule has 2 aromatic carbocycles. The van der Waals surface area contributed by atoms with E-state index in [1.165, 1.54) is 49.4 Å². The number of nitro benzene ring substituents is 1. The van der Waals surface area contributed by atoms with Gasteiger partial charge in [-0.2, -0.15) is 0 Å². The molecule has 0 unspecified atom stereocenters. The van der Waals surface area contributed by atoms with Gasteiger partial charge in [0.15, 0.2) is 5.78 Å². The molecule has 0 fully saturated rings. The number of carbonyl (C=O) groups is 1. The quantitative estimate of drug-likeness (QED) is 0.353. The van der Waals surface area contributed by atoms with Gasteiger partial charge in [0.05, 0.1) is 16.2 Å². The molecule has 0 aliphatic carbocycles. The van der Waals surface area contributed by atoms with E-state index in [2.05, 4.69) is 4.72 Å². The summed E-state index contributed by atoms with van der Waals surface area (Å²) in [5, 5.41) is 10.9. The summed E-state index contributed by atoms with van der Waals surface area (Å²) in [5.74, 6) is -0.394. The van der Waals surface area contributed by atoms with Crippen LogP contribution in [0.5, 0.6) is 0 Å². The molecule has 8 heteroatoms. The van der Waals surface area contributed by atoms with Crippen LogP contribution in [0.4, 0.5) is 11.4 Å². The van der Waals surface area contributed by atoms with E-state index in [1.54, 1.807) is 18.2 Å². The summed E-state index contributed by atoms with van der Waals surface area (Å²) in [5.41, 5.74) is 0.944. The maximum absolute atomic E-state index is 12.2. The summed E-state index contributed by atoms with van der Waals surface area (Å²) < 4.78 is 25.4. The topological polar surface area (TPSA) is 106 Å². The smallest absolute Gasteiger partial charge is 0.276 e. The van der Waals surface area contributed by atoms with Gasteiger partial charge in [-0.3, -0.25) is 19.6 Å². The molecule has 0 saturated carbocycles. The Hall–Kier alpha value is -3.00. The summed E-state index contributed by atoms with van der Waals surface area (Å²) in [6.45, 7) is 1.52. The van der Waals surface area contributed by atoms with Crippen LogP contribution in [-0.2, 0) is 10.0 Å². The van der Waals surface area contributed by atoms with E-state index >= 15 is 0 Å². The van der Waals surface area contributed by atoms with Gasteiger partial charge in [-0.05, 0) is 49.4 Å². The lowest BCUT2D eigenvalue weighted by atomic mass is 10.1. The van der Waals surface area contributed by atoms with Gasteiger partial charge < -0.3 is 0 Å². The Morgan fingerprint density at radius 2 is 1.80 bits per heavy atom. The molecule has 0 aliphatic heterocycles. The molecule has 0 heterocycles. The molecule has 25 heavy (non-hydrogen) atoms. The summed E-state index contributed by atoms with van der Waals surface area (Å²) in [6.07, 6.45) is 2.63. The second-order valence-electron chi connectivity index (χ2n) is 5.10. The zero-order valence-electron chi connectivity index (χ0n) is 13.4. The number of hydrogen-bond acceptors (Lipinski definition) is 5. The molecule has 7 nitrogen and oxygen atoms in total. The minimum absolute atomic E-state index is 0.0493. The highest BCUT2D eigenvalue weighted by atomic mass is 32.2. The molecule has 0 aromatic heterocycles. The summed E-state index contributed by atoms with van der Waals surface area (Å²) >= 11 is 0. The Bertz CT molecular complexity index is 918. The molecular formula is C17H16N2O5S. The molecule has 0 atom stereocenters. The van der Waals surface area contributed by atoms with Crippen LogP contribution in [0.15, 0.2) is 54.6 Å². The lowest BCUT2D eigenvalue weighted by Crippen LogP contribution is -2.14. The van der Waals surface area contributed by atoms with E-state index in [-0.39, 0.29) is 17.2 Å². The van der Waals surface area contributed by atoms with Gasteiger partial charge >= 0.3 is 0 Å². The SMILES string of the molecule is CCS(=O)(=O)Nc1ccc(C(=O)/C=C/c2ccccc2[N+](=O)[O-])cc1. The summed E-state index contributed by atoms with van der Waals surface area (Å²) in [7, 11) is -3.38. The van der Waals surface area contributed by atoms with Crippen LogP contribution in [0.25, 0.3) is 6.08 Å². The zero-order chi connectivity index (χ0) is 18.4. The number of nitrogens with zero attached hydrogens (tertiary/aromatic N) is 1. The predicted molar refractivity (Wildman–Crippen MR) is 96.0 cm³/mol. The summed E-state index contributed by atoms with van der Waals surface area (Å²) in [4.78, 5) is 22.6. The fourth-order valence-electron chi connectivity index (χ4n) is 2.01. The normalized spacial score (nSPS) is 11.4. The highest BCUT2D eigenvalue weighted by Crippen LogP contribution is 2.19. The van der Waals surface area contributed by atoms with Crippen molar-refractivity contribution < 1.29 is 18.1 Å². The number of ketones is 1. The predicted octanol–water partition coefficient (Wildman–Crippen LogP) is 3.25. The standard InChI is InChI=1S/C17H16N2O5S/c1-2-25(23,24)18-15-10-7-14(8-11-15)17(20)12-9-13-5-3-4-6-16(13)19(21)22/h3-12,18H,2H2,1H3/b12-9+. The second-order valence-corrected chi connectivity index (χ2v) is 7.11. The minimum atomic E-state index is -3.38. The van der Waals surface area contributed by atoms with E-state index in [9.17, 15) is 23.3 Å². The van der Waals surface area contributed by atoms with Crippen molar-refractivity contribution in [2.24, 2.45) is 0 Å². The molecule has 0 bridgehead atoms. The van der Waals surface area contributed by atoms with Crippen molar-refractivity contribution >= 4 is 33.3 Å². The number of carbonyl (C=O) groups excluding carboxylic acids is 1. The van der Waals surface area contributed by atoms with Crippen LogP contribution < -0.4 is 4.72 Å². The van der Waals surface area contributed by atoms with Gasteiger partial charge in [0, 0.05) is 17.3 Å². The van der Waals surface area contributed by atoms with Crippen LogP contribution in [0.2, 0.25) is 0 Å². The first-order chi connectivity index (χ1) is 11.8. The lowest BCUT2D eigenvalue weighted by molar-refractivity contribution is -0.385. The Balaban J connectivity index is 2.15. The highest BCUT2D eigenvalue weighted by Gasteiger charge is 2.11. The number of sulfonamides is 1. The molecule has 1 N–H and O–H groups in total. The van der Waals surface area contributed by atoms with Crippen LogP contribution >= 0.6 is 0 Å². The molecular weight excluding hydrogens is 344 g/mol. The lowest BCUT2D eigenvalue weighted by Gasteiger charge is -2.06. The number of rotatable bonds is 7.